The van der Waals surface area contributed by atoms with Crippen molar-refractivity contribution in [3.8, 4) is 23.3 Å². The van der Waals surface area contributed by atoms with E-state index in [9.17, 15) is 4.79 Å². The van der Waals surface area contributed by atoms with Gasteiger partial charge in [-0.1, -0.05) is 18.2 Å². The molecule has 0 radical (unpaired) electrons. The maximum absolute atomic E-state index is 12.9. The second kappa shape index (κ2) is 10.7. The van der Waals surface area contributed by atoms with Crippen molar-refractivity contribution in [1.82, 2.24) is 14.5 Å². The van der Waals surface area contributed by atoms with Crippen LogP contribution in [0.1, 0.15) is 27.3 Å². The molecule has 7 heteroatoms. The number of carbonyl (C=O) groups excluding carboxylic acids is 1. The third kappa shape index (κ3) is 5.61. The van der Waals surface area contributed by atoms with Gasteiger partial charge in [-0.05, 0) is 62.2 Å². The molecule has 0 bridgehead atoms. The maximum atomic E-state index is 12.9. The minimum absolute atomic E-state index is 0.0614. The number of ketones is 1. The molecule has 174 valence electrons. The number of Topliss-reactive ketones (excluding diaryl/α,β-unsaturated/α-hetero) is 1. The summed E-state index contributed by atoms with van der Waals surface area (Å²) in [5.41, 5.74) is 3.88. The van der Waals surface area contributed by atoms with Gasteiger partial charge in [-0.15, -0.1) is 0 Å². The van der Waals surface area contributed by atoms with Crippen molar-refractivity contribution in [2.45, 2.75) is 26.8 Å². The number of aromatic nitrogens is 3. The van der Waals surface area contributed by atoms with E-state index in [0.717, 1.165) is 30.1 Å². The van der Waals surface area contributed by atoms with Crippen LogP contribution in [0.3, 0.4) is 0 Å². The van der Waals surface area contributed by atoms with Gasteiger partial charge in [0.15, 0.2) is 6.61 Å². The molecule has 34 heavy (non-hydrogen) atoms. The fourth-order valence-corrected chi connectivity index (χ4v) is 3.76. The molecule has 0 spiro atoms. The zero-order chi connectivity index (χ0) is 23.9. The highest BCUT2D eigenvalue weighted by atomic mass is 16.5. The molecule has 0 aliphatic heterocycles. The number of rotatable bonds is 10. The van der Waals surface area contributed by atoms with Gasteiger partial charge < -0.3 is 18.8 Å². The highest BCUT2D eigenvalue weighted by Gasteiger charge is 2.16. The average Bonchev–Trinajstić information content (AvgIpc) is 3.15. The Balaban J connectivity index is 1.37. The van der Waals surface area contributed by atoms with E-state index in [2.05, 4.69) is 26.7 Å². The van der Waals surface area contributed by atoms with Crippen LogP contribution in [-0.2, 0) is 13.0 Å². The lowest BCUT2D eigenvalue weighted by Gasteiger charge is -2.11. The first-order chi connectivity index (χ1) is 16.5. The number of ether oxygens (including phenoxy) is 3. The van der Waals surface area contributed by atoms with Crippen LogP contribution in [0.4, 0.5) is 0 Å². The van der Waals surface area contributed by atoms with Crippen molar-refractivity contribution in [2.75, 3.05) is 13.7 Å². The highest BCUT2D eigenvalue weighted by Crippen LogP contribution is 2.24. The number of methoxy groups -OCH3 is 1. The molecule has 0 saturated heterocycles. The molecule has 4 rings (SSSR count). The largest absolute Gasteiger partial charge is 0.497 e. The van der Waals surface area contributed by atoms with E-state index in [0.29, 0.717) is 17.1 Å². The summed E-state index contributed by atoms with van der Waals surface area (Å²) in [5.74, 6) is 1.85. The van der Waals surface area contributed by atoms with Crippen LogP contribution in [-0.4, -0.2) is 34.0 Å². The standard InChI is InChI=1S/C27H27N3O4/c1-19-16-25(20(2)30(19)15-12-21-8-10-22(32-3)11-9-21)26(31)18-33-23-6-4-7-24(17-23)34-27-28-13-5-14-29-27/h4-11,13-14,16-17H,12,15,18H2,1-3H3. The Morgan fingerprint density at radius 1 is 0.912 bits per heavy atom. The Labute approximate surface area is 199 Å². The first kappa shape index (κ1) is 23.0. The molecular formula is C27H27N3O4. The zero-order valence-corrected chi connectivity index (χ0v) is 19.5. The van der Waals surface area contributed by atoms with Gasteiger partial charge in [0.1, 0.15) is 17.2 Å². The summed E-state index contributed by atoms with van der Waals surface area (Å²) in [7, 11) is 1.66. The van der Waals surface area contributed by atoms with Gasteiger partial charge in [0.25, 0.3) is 0 Å². The third-order valence-electron chi connectivity index (χ3n) is 5.58. The third-order valence-corrected chi connectivity index (χ3v) is 5.58. The first-order valence-corrected chi connectivity index (χ1v) is 11.0. The van der Waals surface area contributed by atoms with Gasteiger partial charge in [-0.25, -0.2) is 9.97 Å². The molecule has 0 aliphatic rings. The summed E-state index contributed by atoms with van der Waals surface area (Å²) in [6.45, 7) is 4.72. The fourth-order valence-electron chi connectivity index (χ4n) is 3.76. The molecule has 7 nitrogen and oxygen atoms in total. The van der Waals surface area contributed by atoms with E-state index in [1.165, 1.54) is 5.56 Å². The number of aryl methyl sites for hydroxylation is 2. The van der Waals surface area contributed by atoms with E-state index >= 15 is 0 Å². The van der Waals surface area contributed by atoms with Crippen molar-refractivity contribution in [3.05, 3.63) is 95.6 Å². The van der Waals surface area contributed by atoms with Crippen LogP contribution in [0.25, 0.3) is 0 Å². The molecular weight excluding hydrogens is 430 g/mol. The normalized spacial score (nSPS) is 10.7. The van der Waals surface area contributed by atoms with Crippen LogP contribution >= 0.6 is 0 Å². The van der Waals surface area contributed by atoms with E-state index in [4.69, 9.17) is 14.2 Å². The average molecular weight is 458 g/mol. The van der Waals surface area contributed by atoms with E-state index in [1.54, 1.807) is 49.8 Å². The monoisotopic (exact) mass is 457 g/mol. The topological polar surface area (TPSA) is 75.5 Å². The Morgan fingerprint density at radius 3 is 2.38 bits per heavy atom. The number of hydrogen-bond acceptors (Lipinski definition) is 6. The van der Waals surface area contributed by atoms with E-state index < -0.39 is 0 Å². The van der Waals surface area contributed by atoms with Crippen molar-refractivity contribution in [2.24, 2.45) is 0 Å². The molecule has 0 N–H and O–H groups in total. The van der Waals surface area contributed by atoms with Crippen molar-refractivity contribution in [1.29, 1.82) is 0 Å². The molecule has 2 heterocycles. The quantitative estimate of drug-likeness (QED) is 0.305. The summed E-state index contributed by atoms with van der Waals surface area (Å²) >= 11 is 0. The molecule has 0 saturated carbocycles. The smallest absolute Gasteiger partial charge is 0.321 e. The second-order valence-corrected chi connectivity index (χ2v) is 7.85. The molecule has 0 amide bonds. The number of nitrogens with zero attached hydrogens (tertiary/aromatic N) is 3. The van der Waals surface area contributed by atoms with Crippen LogP contribution in [0, 0.1) is 13.8 Å². The minimum atomic E-state index is -0.0680. The Hall–Kier alpha value is -4.13. The van der Waals surface area contributed by atoms with Crippen LogP contribution < -0.4 is 14.2 Å². The van der Waals surface area contributed by atoms with Crippen molar-refractivity contribution >= 4 is 5.78 Å². The molecule has 4 aromatic rings. The summed E-state index contributed by atoms with van der Waals surface area (Å²) in [4.78, 5) is 21.0. The lowest BCUT2D eigenvalue weighted by Crippen LogP contribution is -2.13. The van der Waals surface area contributed by atoms with Gasteiger partial charge in [0, 0.05) is 42.0 Å². The Kier molecular flexibility index (Phi) is 7.22. The maximum Gasteiger partial charge on any atom is 0.321 e. The van der Waals surface area contributed by atoms with E-state index in [-0.39, 0.29) is 18.4 Å². The lowest BCUT2D eigenvalue weighted by molar-refractivity contribution is 0.0920. The van der Waals surface area contributed by atoms with Crippen molar-refractivity contribution in [3.63, 3.8) is 0 Å². The molecule has 0 aliphatic carbocycles. The minimum Gasteiger partial charge on any atom is -0.497 e. The van der Waals surface area contributed by atoms with Gasteiger partial charge in [-0.3, -0.25) is 4.79 Å². The lowest BCUT2D eigenvalue weighted by atomic mass is 10.1. The molecule has 0 unspecified atom stereocenters. The van der Waals surface area contributed by atoms with Gasteiger partial charge in [0.2, 0.25) is 5.78 Å². The number of carbonyl (C=O) groups is 1. The summed E-state index contributed by atoms with van der Waals surface area (Å²) < 4.78 is 18.8. The summed E-state index contributed by atoms with van der Waals surface area (Å²) in [6, 6.07) is 19.0. The Bertz CT molecular complexity index is 1250. The molecule has 2 aromatic heterocycles. The SMILES string of the molecule is COc1ccc(CCn2c(C)cc(C(=O)COc3cccc(Oc4ncccn4)c3)c2C)cc1. The van der Waals surface area contributed by atoms with Crippen LogP contribution in [0.5, 0.6) is 23.3 Å². The predicted molar refractivity (Wildman–Crippen MR) is 129 cm³/mol. The van der Waals surface area contributed by atoms with Crippen LogP contribution in [0.2, 0.25) is 0 Å². The molecule has 0 atom stereocenters. The zero-order valence-electron chi connectivity index (χ0n) is 19.5. The van der Waals surface area contributed by atoms with E-state index in [1.807, 2.05) is 32.0 Å². The summed E-state index contributed by atoms with van der Waals surface area (Å²) in [6.07, 6.45) is 4.08. The Morgan fingerprint density at radius 2 is 1.65 bits per heavy atom. The van der Waals surface area contributed by atoms with Gasteiger partial charge in [0.05, 0.1) is 7.11 Å². The van der Waals surface area contributed by atoms with Gasteiger partial charge in [-0.2, -0.15) is 0 Å². The molecule has 2 aromatic carbocycles. The second-order valence-electron chi connectivity index (χ2n) is 7.85. The fraction of sp³-hybridized carbons (Fsp3) is 0.222. The van der Waals surface area contributed by atoms with Crippen molar-refractivity contribution < 1.29 is 19.0 Å². The number of hydrogen-bond donors (Lipinski definition) is 0. The summed E-state index contributed by atoms with van der Waals surface area (Å²) in [5, 5.41) is 0. The predicted octanol–water partition coefficient (Wildman–Crippen LogP) is 5.20. The number of benzene rings is 2. The van der Waals surface area contributed by atoms with Crippen LogP contribution in [0.15, 0.2) is 73.1 Å². The first-order valence-electron chi connectivity index (χ1n) is 11.0. The molecule has 0 fully saturated rings. The highest BCUT2D eigenvalue weighted by molar-refractivity contribution is 5.98. The van der Waals surface area contributed by atoms with Gasteiger partial charge >= 0.3 is 6.01 Å².